The summed E-state index contributed by atoms with van der Waals surface area (Å²) in [5, 5.41) is 2.54. The number of imide groups is 1. The van der Waals surface area contributed by atoms with Crippen molar-refractivity contribution < 1.29 is 28.7 Å². The monoisotopic (exact) mass is 656 g/mol. The lowest BCUT2D eigenvalue weighted by atomic mass is 9.78. The highest BCUT2D eigenvalue weighted by Gasteiger charge is 2.37. The Labute approximate surface area is 287 Å². The first-order chi connectivity index (χ1) is 22.6. The predicted octanol–water partition coefficient (Wildman–Crippen LogP) is 9.15. The van der Waals surface area contributed by atoms with Crippen LogP contribution in [0.1, 0.15) is 86.8 Å². The van der Waals surface area contributed by atoms with Gasteiger partial charge < -0.3 is 14.8 Å². The second-order valence-electron chi connectivity index (χ2n) is 11.8. The van der Waals surface area contributed by atoms with E-state index in [1.54, 1.807) is 48.5 Å². The number of fused-ring (bicyclic) bond motifs is 1. The lowest BCUT2D eigenvalue weighted by Crippen LogP contribution is -2.29. The van der Waals surface area contributed by atoms with Gasteiger partial charge in [-0.05, 0) is 90.8 Å². The summed E-state index contributed by atoms with van der Waals surface area (Å²) in [6.45, 7) is 6.19. The minimum Gasteiger partial charge on any atom is -0.457 e. The summed E-state index contributed by atoms with van der Waals surface area (Å²) in [4.78, 5) is 50.9. The second-order valence-corrected chi connectivity index (χ2v) is 11.8. The third-order valence-electron chi connectivity index (χ3n) is 8.40. The molecule has 0 aromatic heterocycles. The number of hydrogen-bond donors (Lipinski definition) is 1. The van der Waals surface area contributed by atoms with Gasteiger partial charge in [-0.15, -0.1) is 0 Å². The lowest BCUT2D eigenvalue weighted by Gasteiger charge is -2.26. The van der Waals surface area contributed by atoms with E-state index in [1.165, 1.54) is 11.9 Å². The van der Waals surface area contributed by atoms with Crippen molar-refractivity contribution in [2.75, 3.05) is 11.9 Å². The first-order valence-electron chi connectivity index (χ1n) is 15.1. The van der Waals surface area contributed by atoms with E-state index in [4.69, 9.17) is 9.47 Å². The van der Waals surface area contributed by atoms with Gasteiger partial charge >= 0.3 is 0 Å². The number of amides is 3. The van der Waals surface area contributed by atoms with Crippen molar-refractivity contribution in [3.63, 3.8) is 0 Å². The van der Waals surface area contributed by atoms with Crippen molar-refractivity contribution in [3.8, 4) is 23.0 Å². The number of nitrogens with one attached hydrogen (secondary N) is 1. The Morgan fingerprint density at radius 3 is 1.69 bits per heavy atom. The molecule has 0 fully saturated rings. The van der Waals surface area contributed by atoms with Gasteiger partial charge in [0.25, 0.3) is 17.7 Å². The highest BCUT2D eigenvalue weighted by molar-refractivity contribution is 6.34. The van der Waals surface area contributed by atoms with E-state index >= 15 is 0 Å². The molecule has 1 aliphatic rings. The number of rotatable bonds is 9. The van der Waals surface area contributed by atoms with Crippen LogP contribution in [-0.2, 0) is 5.41 Å². The number of anilines is 1. The molecule has 3 amide bonds. The molecule has 1 N–H and O–H groups in total. The van der Waals surface area contributed by atoms with Gasteiger partial charge in [0.15, 0.2) is 6.29 Å². The zero-order valence-corrected chi connectivity index (χ0v) is 26.4. The Balaban J connectivity index is 0.00000270. The standard InChI is InChI=1S/C39H32N2O6.2CH4/c1-24-5-12-28(13-6-24)41-37(44)33-20-19-32(22-35(33)38(41)45)47-30-17-10-27(11-18-30)39(2,3)26-8-15-29(16-9-26)46-31-14-7-25(23-42)34(21-31)36(43)40-4;;/h5-23H,1-4H3,(H,40,43);2*1H4. The summed E-state index contributed by atoms with van der Waals surface area (Å²) in [6.07, 6.45) is 0.641. The largest absolute Gasteiger partial charge is 0.457 e. The summed E-state index contributed by atoms with van der Waals surface area (Å²) >= 11 is 0. The van der Waals surface area contributed by atoms with Gasteiger partial charge in [0.2, 0.25) is 0 Å². The molecule has 1 aliphatic heterocycles. The number of benzene rings is 5. The van der Waals surface area contributed by atoms with E-state index in [1.807, 2.05) is 67.6 Å². The molecule has 250 valence electrons. The third kappa shape index (κ3) is 6.99. The zero-order chi connectivity index (χ0) is 33.3. The van der Waals surface area contributed by atoms with E-state index in [2.05, 4.69) is 19.2 Å². The summed E-state index contributed by atoms with van der Waals surface area (Å²) in [5.74, 6) is 0.993. The molecule has 0 spiro atoms. The second kappa shape index (κ2) is 14.4. The maximum Gasteiger partial charge on any atom is 0.266 e. The van der Waals surface area contributed by atoms with E-state index < -0.39 is 0 Å². The summed E-state index contributed by atoms with van der Waals surface area (Å²) in [7, 11) is 1.51. The van der Waals surface area contributed by atoms with Gasteiger partial charge in [-0.3, -0.25) is 19.2 Å². The Hall–Kier alpha value is -6.02. The fourth-order valence-corrected chi connectivity index (χ4v) is 5.56. The molecular formula is C41H40N2O6. The molecule has 0 aliphatic carbocycles. The molecule has 8 heteroatoms. The topological polar surface area (TPSA) is 102 Å². The quantitative estimate of drug-likeness (QED) is 0.125. The van der Waals surface area contributed by atoms with Gasteiger partial charge in [-0.2, -0.15) is 0 Å². The third-order valence-corrected chi connectivity index (χ3v) is 8.40. The molecule has 0 bridgehead atoms. The highest BCUT2D eigenvalue weighted by atomic mass is 16.5. The molecular weight excluding hydrogens is 616 g/mol. The first-order valence-corrected chi connectivity index (χ1v) is 15.1. The predicted molar refractivity (Wildman–Crippen MR) is 193 cm³/mol. The van der Waals surface area contributed by atoms with Crippen LogP contribution in [0.3, 0.4) is 0 Å². The van der Waals surface area contributed by atoms with Crippen LogP contribution in [0.2, 0.25) is 0 Å². The number of nitrogens with zero attached hydrogens (tertiary/aromatic N) is 1. The van der Waals surface area contributed by atoms with Crippen molar-refractivity contribution in [2.24, 2.45) is 0 Å². The maximum atomic E-state index is 13.2. The van der Waals surface area contributed by atoms with Gasteiger partial charge in [0.05, 0.1) is 22.4 Å². The number of carbonyl (C=O) groups excluding carboxylic acids is 4. The molecule has 0 saturated heterocycles. The molecule has 0 saturated carbocycles. The summed E-state index contributed by atoms with van der Waals surface area (Å²) in [6, 6.07) is 32.4. The van der Waals surface area contributed by atoms with E-state index in [9.17, 15) is 19.2 Å². The van der Waals surface area contributed by atoms with Crippen molar-refractivity contribution in [1.82, 2.24) is 5.32 Å². The smallest absolute Gasteiger partial charge is 0.266 e. The Bertz CT molecular complexity index is 2010. The van der Waals surface area contributed by atoms with Gasteiger partial charge in [-0.1, -0.05) is 70.7 Å². The van der Waals surface area contributed by atoms with Gasteiger partial charge in [0.1, 0.15) is 23.0 Å². The van der Waals surface area contributed by atoms with Crippen LogP contribution in [0.25, 0.3) is 0 Å². The molecule has 5 aromatic rings. The Morgan fingerprint density at radius 1 is 0.673 bits per heavy atom. The van der Waals surface area contributed by atoms with Crippen LogP contribution in [0.4, 0.5) is 5.69 Å². The number of carbonyl (C=O) groups is 4. The minimum absolute atomic E-state index is 0. The van der Waals surface area contributed by atoms with Gasteiger partial charge in [-0.25, -0.2) is 4.90 Å². The normalized spacial score (nSPS) is 12.0. The minimum atomic E-state index is -0.378. The molecule has 1 heterocycles. The number of aryl methyl sites for hydroxylation is 1. The van der Waals surface area contributed by atoms with Crippen LogP contribution in [0.5, 0.6) is 23.0 Å². The zero-order valence-electron chi connectivity index (χ0n) is 26.4. The summed E-state index contributed by atoms with van der Waals surface area (Å²) in [5.41, 5.74) is 4.52. The number of hydrogen-bond acceptors (Lipinski definition) is 6. The van der Waals surface area contributed by atoms with Crippen LogP contribution in [0.15, 0.2) is 109 Å². The molecule has 0 atom stereocenters. The van der Waals surface area contributed by atoms with Crippen molar-refractivity contribution >= 4 is 29.7 Å². The lowest BCUT2D eigenvalue weighted by molar-refractivity contribution is 0.0923. The molecule has 6 rings (SSSR count). The van der Waals surface area contributed by atoms with Crippen LogP contribution in [-0.4, -0.2) is 31.1 Å². The van der Waals surface area contributed by atoms with Crippen LogP contribution in [0, 0.1) is 6.92 Å². The Kier molecular flexibility index (Phi) is 10.5. The van der Waals surface area contributed by atoms with Crippen LogP contribution >= 0.6 is 0 Å². The first kappa shape index (κ1) is 35.8. The number of ether oxygens (including phenoxy) is 2. The fraction of sp³-hybridized carbons (Fsp3) is 0.171. The SMILES string of the molecule is C.C.CNC(=O)c1cc(Oc2ccc(C(C)(C)c3ccc(Oc4ccc5c(c4)C(=O)N(c4ccc(C)cc4)C5=O)cc3)cc2)ccc1C=O. The van der Waals surface area contributed by atoms with Crippen molar-refractivity contribution in [1.29, 1.82) is 0 Å². The van der Waals surface area contributed by atoms with Crippen LogP contribution < -0.4 is 19.7 Å². The molecule has 0 unspecified atom stereocenters. The average molecular weight is 657 g/mol. The molecule has 0 radical (unpaired) electrons. The van der Waals surface area contributed by atoms with Gasteiger partial charge in [0, 0.05) is 18.0 Å². The van der Waals surface area contributed by atoms with E-state index in [0.29, 0.717) is 46.1 Å². The van der Waals surface area contributed by atoms with Crippen molar-refractivity contribution in [3.05, 3.63) is 148 Å². The fourth-order valence-electron chi connectivity index (χ4n) is 5.56. The summed E-state index contributed by atoms with van der Waals surface area (Å²) < 4.78 is 12.1. The van der Waals surface area contributed by atoms with E-state index in [-0.39, 0.29) is 49.1 Å². The highest BCUT2D eigenvalue weighted by Crippen LogP contribution is 2.36. The number of aldehydes is 1. The molecule has 5 aromatic carbocycles. The average Bonchev–Trinajstić information content (AvgIpc) is 3.33. The van der Waals surface area contributed by atoms with Crippen molar-refractivity contribution in [2.45, 2.75) is 41.0 Å². The Morgan fingerprint density at radius 2 is 1.16 bits per heavy atom. The molecule has 49 heavy (non-hydrogen) atoms. The van der Waals surface area contributed by atoms with E-state index in [0.717, 1.165) is 16.7 Å². The maximum absolute atomic E-state index is 13.2. The molecule has 8 nitrogen and oxygen atoms in total.